The van der Waals surface area contributed by atoms with Crippen LogP contribution in [0.2, 0.25) is 0 Å². The minimum absolute atomic E-state index is 0.0174. The molecular weight excluding hydrogens is 287 g/mol. The monoisotopic (exact) mass is 311 g/mol. The van der Waals surface area contributed by atoms with Crippen LogP contribution in [0.3, 0.4) is 0 Å². The molecule has 0 rings (SSSR count). The molecule has 0 saturated heterocycles. The zero-order chi connectivity index (χ0) is 16.6. The van der Waals surface area contributed by atoms with Crippen LogP contribution in [0.5, 0.6) is 0 Å². The fraction of sp³-hybridized carbons (Fsp3) is 0.846. The van der Waals surface area contributed by atoms with Gasteiger partial charge in [-0.25, -0.2) is 0 Å². The van der Waals surface area contributed by atoms with Crippen LogP contribution in [0.1, 0.15) is 26.7 Å². The SMILES string of the molecule is CC(C)NCCCC(=O)N(CC(=O)N(C)C)CC(F)(F)F. The average Bonchev–Trinajstić information content (AvgIpc) is 2.31. The van der Waals surface area contributed by atoms with E-state index in [1.807, 2.05) is 13.8 Å². The summed E-state index contributed by atoms with van der Waals surface area (Å²) in [6.45, 7) is 2.47. The van der Waals surface area contributed by atoms with E-state index < -0.39 is 31.1 Å². The quantitative estimate of drug-likeness (QED) is 0.686. The molecule has 0 aromatic heterocycles. The van der Waals surface area contributed by atoms with Crippen molar-refractivity contribution >= 4 is 11.8 Å². The number of carbonyl (C=O) groups is 2. The highest BCUT2D eigenvalue weighted by molar-refractivity contribution is 5.84. The van der Waals surface area contributed by atoms with Crippen LogP contribution in [0, 0.1) is 0 Å². The molecule has 2 amide bonds. The first-order valence-electron chi connectivity index (χ1n) is 6.81. The Labute approximate surface area is 123 Å². The number of nitrogens with one attached hydrogen (secondary N) is 1. The zero-order valence-electron chi connectivity index (χ0n) is 13.0. The fourth-order valence-corrected chi connectivity index (χ4v) is 1.54. The van der Waals surface area contributed by atoms with Gasteiger partial charge in [-0.05, 0) is 13.0 Å². The smallest absolute Gasteiger partial charge is 0.347 e. The van der Waals surface area contributed by atoms with Crippen LogP contribution in [-0.4, -0.2) is 67.6 Å². The highest BCUT2D eigenvalue weighted by atomic mass is 19.4. The van der Waals surface area contributed by atoms with Gasteiger partial charge in [0.2, 0.25) is 11.8 Å². The predicted octanol–water partition coefficient (Wildman–Crippen LogP) is 1.24. The Balaban J connectivity index is 4.49. The summed E-state index contributed by atoms with van der Waals surface area (Å²) in [6, 6.07) is 0.252. The molecule has 0 heterocycles. The normalized spacial score (nSPS) is 11.6. The first kappa shape index (κ1) is 19.7. The molecule has 0 aliphatic carbocycles. The summed E-state index contributed by atoms with van der Waals surface area (Å²) in [7, 11) is 2.87. The van der Waals surface area contributed by atoms with E-state index in [4.69, 9.17) is 0 Å². The second-order valence-corrected chi connectivity index (χ2v) is 5.37. The number of halogens is 3. The molecule has 0 fully saturated rings. The van der Waals surface area contributed by atoms with Crippen molar-refractivity contribution in [3.63, 3.8) is 0 Å². The molecule has 0 spiro atoms. The lowest BCUT2D eigenvalue weighted by molar-refractivity contribution is -0.164. The Bertz CT molecular complexity index is 344. The first-order chi connectivity index (χ1) is 9.53. The second-order valence-electron chi connectivity index (χ2n) is 5.37. The van der Waals surface area contributed by atoms with Gasteiger partial charge in [-0.1, -0.05) is 13.8 Å². The molecule has 0 unspecified atom stereocenters. The summed E-state index contributed by atoms with van der Waals surface area (Å²) in [5.41, 5.74) is 0. The van der Waals surface area contributed by atoms with Gasteiger partial charge in [-0.3, -0.25) is 9.59 Å². The number of rotatable bonds is 8. The molecule has 0 aromatic carbocycles. The van der Waals surface area contributed by atoms with Gasteiger partial charge in [-0.15, -0.1) is 0 Å². The van der Waals surface area contributed by atoms with E-state index in [-0.39, 0.29) is 12.5 Å². The Hall–Kier alpha value is -1.31. The standard InChI is InChI=1S/C13H24F3N3O2/c1-10(2)17-7-5-6-11(20)19(9-13(14,15)16)8-12(21)18(3)4/h10,17H,5-9H2,1-4H3. The van der Waals surface area contributed by atoms with E-state index in [1.54, 1.807) is 0 Å². The molecule has 8 heteroatoms. The summed E-state index contributed by atoms with van der Waals surface area (Å²) in [5.74, 6) is -1.19. The second kappa shape index (κ2) is 8.86. The van der Waals surface area contributed by atoms with E-state index in [0.717, 1.165) is 4.90 Å². The Morgan fingerprint density at radius 3 is 2.14 bits per heavy atom. The third kappa shape index (κ3) is 10.1. The molecule has 1 N–H and O–H groups in total. The van der Waals surface area contributed by atoms with Crippen molar-refractivity contribution in [3.05, 3.63) is 0 Å². The summed E-state index contributed by atoms with van der Waals surface area (Å²) in [6.07, 6.45) is -4.10. The highest BCUT2D eigenvalue weighted by Gasteiger charge is 2.33. The summed E-state index contributed by atoms with van der Waals surface area (Å²) in [5, 5.41) is 3.08. The topological polar surface area (TPSA) is 52.7 Å². The van der Waals surface area contributed by atoms with Crippen molar-refractivity contribution in [2.75, 3.05) is 33.7 Å². The average molecular weight is 311 g/mol. The molecule has 0 bridgehead atoms. The van der Waals surface area contributed by atoms with Crippen LogP contribution in [0.4, 0.5) is 13.2 Å². The van der Waals surface area contributed by atoms with Crippen molar-refractivity contribution in [1.29, 1.82) is 0 Å². The summed E-state index contributed by atoms with van der Waals surface area (Å²) in [4.78, 5) is 25.1. The van der Waals surface area contributed by atoms with Gasteiger partial charge in [0.05, 0.1) is 0 Å². The zero-order valence-corrected chi connectivity index (χ0v) is 13.0. The van der Waals surface area contributed by atoms with Crippen LogP contribution in [0.25, 0.3) is 0 Å². The lowest BCUT2D eigenvalue weighted by atomic mass is 10.2. The largest absolute Gasteiger partial charge is 0.406 e. The Kier molecular flexibility index (Phi) is 8.31. The van der Waals surface area contributed by atoms with E-state index in [9.17, 15) is 22.8 Å². The summed E-state index contributed by atoms with van der Waals surface area (Å²) < 4.78 is 37.4. The van der Waals surface area contributed by atoms with Crippen molar-refractivity contribution in [1.82, 2.24) is 15.1 Å². The van der Waals surface area contributed by atoms with E-state index >= 15 is 0 Å². The number of likely N-dealkylation sites (N-methyl/N-ethyl adjacent to an activating group) is 1. The molecule has 0 saturated carbocycles. The van der Waals surface area contributed by atoms with Gasteiger partial charge < -0.3 is 15.1 Å². The van der Waals surface area contributed by atoms with Gasteiger partial charge >= 0.3 is 6.18 Å². The van der Waals surface area contributed by atoms with Crippen molar-refractivity contribution in [3.8, 4) is 0 Å². The van der Waals surface area contributed by atoms with Crippen molar-refractivity contribution in [2.24, 2.45) is 0 Å². The predicted molar refractivity (Wildman–Crippen MR) is 73.7 cm³/mol. The molecular formula is C13H24F3N3O2. The fourth-order valence-electron chi connectivity index (χ4n) is 1.54. The summed E-state index contributed by atoms with van der Waals surface area (Å²) >= 11 is 0. The molecule has 0 aromatic rings. The van der Waals surface area contributed by atoms with Gasteiger partial charge in [0.15, 0.2) is 0 Å². The van der Waals surface area contributed by atoms with Crippen LogP contribution in [0.15, 0.2) is 0 Å². The molecule has 124 valence electrons. The maximum Gasteiger partial charge on any atom is 0.406 e. The van der Waals surface area contributed by atoms with Gasteiger partial charge in [-0.2, -0.15) is 13.2 Å². The minimum Gasteiger partial charge on any atom is -0.347 e. The minimum atomic E-state index is -4.52. The van der Waals surface area contributed by atoms with E-state index in [0.29, 0.717) is 17.9 Å². The molecule has 0 aliphatic heterocycles. The van der Waals surface area contributed by atoms with Gasteiger partial charge in [0.1, 0.15) is 13.1 Å². The number of hydrogen-bond acceptors (Lipinski definition) is 3. The van der Waals surface area contributed by atoms with Crippen LogP contribution >= 0.6 is 0 Å². The number of hydrogen-bond donors (Lipinski definition) is 1. The van der Waals surface area contributed by atoms with E-state index in [1.165, 1.54) is 14.1 Å². The third-order valence-electron chi connectivity index (χ3n) is 2.67. The number of amides is 2. The lowest BCUT2D eigenvalue weighted by Gasteiger charge is -2.25. The molecule has 21 heavy (non-hydrogen) atoms. The van der Waals surface area contributed by atoms with Gasteiger partial charge in [0.25, 0.3) is 0 Å². The molecule has 0 atom stereocenters. The van der Waals surface area contributed by atoms with Gasteiger partial charge in [0, 0.05) is 26.6 Å². The molecule has 0 radical (unpaired) electrons. The Morgan fingerprint density at radius 1 is 1.14 bits per heavy atom. The maximum absolute atomic E-state index is 12.5. The number of carbonyl (C=O) groups excluding carboxylic acids is 2. The lowest BCUT2D eigenvalue weighted by Crippen LogP contribution is -2.45. The Morgan fingerprint density at radius 2 is 1.71 bits per heavy atom. The molecule has 5 nitrogen and oxygen atoms in total. The first-order valence-corrected chi connectivity index (χ1v) is 6.81. The number of alkyl halides is 3. The number of nitrogens with zero attached hydrogens (tertiary/aromatic N) is 2. The van der Waals surface area contributed by atoms with Crippen LogP contribution in [-0.2, 0) is 9.59 Å². The third-order valence-corrected chi connectivity index (χ3v) is 2.67. The maximum atomic E-state index is 12.5. The molecule has 0 aliphatic rings. The van der Waals surface area contributed by atoms with E-state index in [2.05, 4.69) is 5.32 Å². The van der Waals surface area contributed by atoms with Crippen molar-refractivity contribution in [2.45, 2.75) is 38.9 Å². The highest BCUT2D eigenvalue weighted by Crippen LogP contribution is 2.17. The van der Waals surface area contributed by atoms with Crippen LogP contribution < -0.4 is 5.32 Å². The van der Waals surface area contributed by atoms with Crippen molar-refractivity contribution < 1.29 is 22.8 Å².